The summed E-state index contributed by atoms with van der Waals surface area (Å²) >= 11 is 0. The molecule has 0 aromatic heterocycles. The molecule has 2 aliphatic rings. The molecular formula is C21H32N2O3S. The SMILES string of the molecule is O=C([C@@H]1CCCN(S(=O)(=O)CCCc2ccccc2)C1)N1CCCCCC1. The number of likely N-dealkylation sites (tertiary alicyclic amines) is 1. The number of piperidine rings is 1. The van der Waals surface area contributed by atoms with E-state index >= 15 is 0 Å². The molecule has 2 aliphatic heterocycles. The first kappa shape index (κ1) is 20.3. The summed E-state index contributed by atoms with van der Waals surface area (Å²) in [5.41, 5.74) is 1.17. The van der Waals surface area contributed by atoms with Gasteiger partial charge in [-0.25, -0.2) is 12.7 Å². The molecule has 27 heavy (non-hydrogen) atoms. The quantitative estimate of drug-likeness (QED) is 0.748. The smallest absolute Gasteiger partial charge is 0.227 e. The Bertz CT molecular complexity index is 697. The zero-order valence-corrected chi connectivity index (χ0v) is 17.0. The standard InChI is InChI=1S/C21H32N2O3S/c24-21(22-14-6-1-2-7-15-22)20-13-8-16-23(18-20)27(25,26)17-9-12-19-10-4-3-5-11-19/h3-5,10-11,20H,1-2,6-9,12-18H2/t20-/m1/s1. The van der Waals surface area contributed by atoms with E-state index in [9.17, 15) is 13.2 Å². The summed E-state index contributed by atoms with van der Waals surface area (Å²) in [6.07, 6.45) is 7.50. The fourth-order valence-electron chi connectivity index (χ4n) is 4.18. The lowest BCUT2D eigenvalue weighted by atomic mass is 9.98. The Morgan fingerprint density at radius 1 is 0.963 bits per heavy atom. The average Bonchev–Trinajstić information content (AvgIpc) is 2.98. The molecular weight excluding hydrogens is 360 g/mol. The van der Waals surface area contributed by atoms with Gasteiger partial charge in [0.05, 0.1) is 11.7 Å². The van der Waals surface area contributed by atoms with Gasteiger partial charge in [0.15, 0.2) is 0 Å². The van der Waals surface area contributed by atoms with Gasteiger partial charge in [-0.3, -0.25) is 4.79 Å². The lowest BCUT2D eigenvalue weighted by molar-refractivity contribution is -0.136. The van der Waals surface area contributed by atoms with E-state index in [4.69, 9.17) is 0 Å². The Labute approximate surface area is 163 Å². The normalized spacial score (nSPS) is 22.4. The van der Waals surface area contributed by atoms with Gasteiger partial charge < -0.3 is 4.90 Å². The molecule has 0 unspecified atom stereocenters. The van der Waals surface area contributed by atoms with E-state index in [2.05, 4.69) is 0 Å². The number of hydrogen-bond donors (Lipinski definition) is 0. The molecule has 0 N–H and O–H groups in total. The number of carbonyl (C=O) groups is 1. The van der Waals surface area contributed by atoms with Crippen molar-refractivity contribution in [3.05, 3.63) is 35.9 Å². The number of carbonyl (C=O) groups excluding carboxylic acids is 1. The minimum Gasteiger partial charge on any atom is -0.342 e. The van der Waals surface area contributed by atoms with Crippen LogP contribution in [-0.2, 0) is 21.2 Å². The van der Waals surface area contributed by atoms with Crippen molar-refractivity contribution in [1.29, 1.82) is 0 Å². The molecule has 2 heterocycles. The van der Waals surface area contributed by atoms with E-state index in [0.29, 0.717) is 19.5 Å². The third kappa shape index (κ3) is 5.79. The Morgan fingerprint density at radius 2 is 1.67 bits per heavy atom. The number of nitrogens with zero attached hydrogens (tertiary/aromatic N) is 2. The zero-order chi connectivity index (χ0) is 19.1. The lowest BCUT2D eigenvalue weighted by Gasteiger charge is -2.34. The maximum atomic E-state index is 12.9. The van der Waals surface area contributed by atoms with Gasteiger partial charge in [0, 0.05) is 26.2 Å². The predicted octanol–water partition coefficient (Wildman–Crippen LogP) is 3.06. The molecule has 1 atom stereocenters. The van der Waals surface area contributed by atoms with E-state index in [1.165, 1.54) is 18.4 Å². The van der Waals surface area contributed by atoms with Crippen molar-refractivity contribution in [2.24, 2.45) is 5.92 Å². The van der Waals surface area contributed by atoms with Crippen molar-refractivity contribution in [3.63, 3.8) is 0 Å². The van der Waals surface area contributed by atoms with Crippen LogP contribution >= 0.6 is 0 Å². The van der Waals surface area contributed by atoms with Crippen LogP contribution in [0.4, 0.5) is 0 Å². The highest BCUT2D eigenvalue weighted by atomic mass is 32.2. The molecule has 1 aromatic rings. The Hall–Kier alpha value is -1.40. The minimum atomic E-state index is -3.30. The number of hydrogen-bond acceptors (Lipinski definition) is 3. The molecule has 1 amide bonds. The first-order valence-corrected chi connectivity index (χ1v) is 12.0. The summed E-state index contributed by atoms with van der Waals surface area (Å²) in [6, 6.07) is 9.99. The van der Waals surface area contributed by atoms with Crippen molar-refractivity contribution in [2.45, 2.75) is 51.4 Å². The van der Waals surface area contributed by atoms with Crippen molar-refractivity contribution >= 4 is 15.9 Å². The van der Waals surface area contributed by atoms with Gasteiger partial charge in [0.1, 0.15) is 0 Å². The minimum absolute atomic E-state index is 0.159. The average molecular weight is 393 g/mol. The Balaban J connectivity index is 1.53. The van der Waals surface area contributed by atoms with Crippen LogP contribution < -0.4 is 0 Å². The maximum Gasteiger partial charge on any atom is 0.227 e. The monoisotopic (exact) mass is 392 g/mol. The van der Waals surface area contributed by atoms with Gasteiger partial charge in [0.2, 0.25) is 15.9 Å². The summed E-state index contributed by atoms with van der Waals surface area (Å²) in [5.74, 6) is 0.161. The van der Waals surface area contributed by atoms with Crippen molar-refractivity contribution in [1.82, 2.24) is 9.21 Å². The van der Waals surface area contributed by atoms with E-state index in [1.807, 2.05) is 35.2 Å². The highest BCUT2D eigenvalue weighted by Gasteiger charge is 2.34. The first-order valence-electron chi connectivity index (χ1n) is 10.4. The fraction of sp³-hybridized carbons (Fsp3) is 0.667. The number of benzene rings is 1. The van der Waals surface area contributed by atoms with Crippen LogP contribution in [0.5, 0.6) is 0 Å². The van der Waals surface area contributed by atoms with Crippen LogP contribution in [0, 0.1) is 5.92 Å². The molecule has 0 bridgehead atoms. The van der Waals surface area contributed by atoms with E-state index in [0.717, 1.165) is 45.2 Å². The second-order valence-electron chi connectivity index (χ2n) is 7.84. The summed E-state index contributed by atoms with van der Waals surface area (Å²) in [5, 5.41) is 0. The largest absolute Gasteiger partial charge is 0.342 e. The summed E-state index contributed by atoms with van der Waals surface area (Å²) in [4.78, 5) is 14.9. The van der Waals surface area contributed by atoms with Crippen LogP contribution in [0.3, 0.4) is 0 Å². The number of amides is 1. The Morgan fingerprint density at radius 3 is 2.37 bits per heavy atom. The topological polar surface area (TPSA) is 57.7 Å². The van der Waals surface area contributed by atoms with Crippen molar-refractivity contribution in [2.75, 3.05) is 31.9 Å². The summed E-state index contributed by atoms with van der Waals surface area (Å²) in [7, 11) is -3.30. The van der Waals surface area contributed by atoms with Crippen LogP contribution in [0.15, 0.2) is 30.3 Å². The van der Waals surface area contributed by atoms with Crippen LogP contribution in [0.1, 0.15) is 50.5 Å². The van der Waals surface area contributed by atoms with Gasteiger partial charge in [-0.05, 0) is 44.1 Å². The number of rotatable bonds is 6. The van der Waals surface area contributed by atoms with E-state index in [1.54, 1.807) is 4.31 Å². The highest BCUT2D eigenvalue weighted by Crippen LogP contribution is 2.23. The molecule has 0 spiro atoms. The maximum absolute atomic E-state index is 12.9. The second kappa shape index (κ2) is 9.69. The second-order valence-corrected chi connectivity index (χ2v) is 9.93. The Kier molecular flexibility index (Phi) is 7.30. The third-order valence-corrected chi connectivity index (χ3v) is 7.68. The molecule has 3 rings (SSSR count). The molecule has 2 saturated heterocycles. The molecule has 0 aliphatic carbocycles. The highest BCUT2D eigenvalue weighted by molar-refractivity contribution is 7.89. The van der Waals surface area contributed by atoms with Crippen LogP contribution in [-0.4, -0.2) is 55.5 Å². The summed E-state index contributed by atoms with van der Waals surface area (Å²) in [6.45, 7) is 2.58. The van der Waals surface area contributed by atoms with Gasteiger partial charge in [-0.2, -0.15) is 0 Å². The van der Waals surface area contributed by atoms with E-state index in [-0.39, 0.29) is 17.6 Å². The summed E-state index contributed by atoms with van der Waals surface area (Å²) < 4.78 is 27.1. The molecule has 1 aromatic carbocycles. The molecule has 150 valence electrons. The third-order valence-electron chi connectivity index (χ3n) is 5.76. The predicted molar refractivity (Wildman–Crippen MR) is 108 cm³/mol. The van der Waals surface area contributed by atoms with Crippen molar-refractivity contribution in [3.8, 4) is 0 Å². The molecule has 2 fully saturated rings. The van der Waals surface area contributed by atoms with Crippen molar-refractivity contribution < 1.29 is 13.2 Å². The lowest BCUT2D eigenvalue weighted by Crippen LogP contribution is -2.47. The first-order chi connectivity index (χ1) is 13.1. The van der Waals surface area contributed by atoms with Gasteiger partial charge in [-0.1, -0.05) is 43.2 Å². The van der Waals surface area contributed by atoms with Crippen LogP contribution in [0.25, 0.3) is 0 Å². The molecule has 5 nitrogen and oxygen atoms in total. The molecule has 6 heteroatoms. The van der Waals surface area contributed by atoms with Gasteiger partial charge in [-0.15, -0.1) is 0 Å². The van der Waals surface area contributed by atoms with Gasteiger partial charge in [0.25, 0.3) is 0 Å². The molecule has 0 radical (unpaired) electrons. The van der Waals surface area contributed by atoms with E-state index < -0.39 is 10.0 Å². The number of aryl methyl sites for hydroxylation is 1. The van der Waals surface area contributed by atoms with Gasteiger partial charge >= 0.3 is 0 Å². The van der Waals surface area contributed by atoms with Crippen LogP contribution in [0.2, 0.25) is 0 Å². The zero-order valence-electron chi connectivity index (χ0n) is 16.2. The molecule has 0 saturated carbocycles. The fourth-order valence-corrected chi connectivity index (χ4v) is 5.76. The number of sulfonamides is 1.